The fourth-order valence-corrected chi connectivity index (χ4v) is 5.06. The number of carboxylic acid groups (broad SMARTS) is 1. The summed E-state index contributed by atoms with van der Waals surface area (Å²) in [7, 11) is 1.81. The summed E-state index contributed by atoms with van der Waals surface area (Å²) in [5, 5.41) is 13.3. The second-order valence-corrected chi connectivity index (χ2v) is 10.9. The quantitative estimate of drug-likeness (QED) is 0.529. The molecule has 180 valence electrons. The topological polar surface area (TPSA) is 83.0 Å². The summed E-state index contributed by atoms with van der Waals surface area (Å²) in [5.74, 6) is -0.0290. The van der Waals surface area contributed by atoms with Crippen LogP contribution in [0.3, 0.4) is 0 Å². The van der Waals surface area contributed by atoms with E-state index in [1.807, 2.05) is 46.0 Å². The number of pyridine rings is 1. The Morgan fingerprint density at radius 1 is 1.21 bits per heavy atom. The molecule has 2 aromatic heterocycles. The third-order valence-corrected chi connectivity index (χ3v) is 7.63. The molecule has 0 saturated heterocycles. The van der Waals surface area contributed by atoms with Gasteiger partial charge in [0.2, 0.25) is 11.8 Å². The van der Waals surface area contributed by atoms with Crippen molar-refractivity contribution in [3.8, 4) is 5.88 Å². The minimum Gasteiger partial charge on any atom is -0.477 e. The van der Waals surface area contributed by atoms with Gasteiger partial charge in [-0.3, -0.25) is 4.79 Å². The zero-order valence-corrected chi connectivity index (χ0v) is 21.0. The fraction of sp³-hybridized carbons (Fsp3) is 0.560. The van der Waals surface area contributed by atoms with Crippen molar-refractivity contribution in [3.05, 3.63) is 40.2 Å². The van der Waals surface area contributed by atoms with Crippen LogP contribution in [0.1, 0.15) is 67.9 Å². The van der Waals surface area contributed by atoms with E-state index in [0.29, 0.717) is 30.6 Å². The molecule has 8 heteroatoms. The van der Waals surface area contributed by atoms with E-state index in [1.165, 1.54) is 11.3 Å². The Morgan fingerprint density at radius 3 is 2.48 bits per heavy atom. The number of aromatic carboxylic acids is 1. The number of rotatable bonds is 8. The van der Waals surface area contributed by atoms with E-state index in [-0.39, 0.29) is 22.1 Å². The highest BCUT2D eigenvalue weighted by Crippen LogP contribution is 2.39. The van der Waals surface area contributed by atoms with Crippen molar-refractivity contribution in [1.82, 2.24) is 9.99 Å². The van der Waals surface area contributed by atoms with Gasteiger partial charge in [-0.15, -0.1) is 11.3 Å². The van der Waals surface area contributed by atoms with Gasteiger partial charge < -0.3 is 9.84 Å². The van der Waals surface area contributed by atoms with E-state index >= 15 is 0 Å². The van der Waals surface area contributed by atoms with Gasteiger partial charge in [-0.2, -0.15) is 0 Å². The Bertz CT molecular complexity index is 946. The van der Waals surface area contributed by atoms with Crippen LogP contribution in [0.4, 0.5) is 5.69 Å². The van der Waals surface area contributed by atoms with Crippen LogP contribution in [-0.4, -0.2) is 47.2 Å². The molecule has 1 saturated carbocycles. The summed E-state index contributed by atoms with van der Waals surface area (Å²) >= 11 is 1.24. The molecule has 7 nitrogen and oxygen atoms in total. The number of carbonyl (C=O) groups excluding carboxylic acids is 1. The summed E-state index contributed by atoms with van der Waals surface area (Å²) in [6.45, 7) is 9.09. The molecule has 2 heterocycles. The van der Waals surface area contributed by atoms with Gasteiger partial charge in [0.25, 0.3) is 0 Å². The molecule has 0 spiro atoms. The molecule has 1 amide bonds. The smallest absolute Gasteiger partial charge is 0.348 e. The van der Waals surface area contributed by atoms with Crippen molar-refractivity contribution in [2.24, 2.45) is 11.8 Å². The molecule has 3 rings (SSSR count). The SMILES string of the molecule is CC1CCC(C(=O)N(c2cc(C(C)(C)C)sc2C(=O)O)N(C)CCOc2ccccn2)CC1. The zero-order chi connectivity index (χ0) is 24.2. The maximum atomic E-state index is 13.8. The first-order chi connectivity index (χ1) is 15.6. The van der Waals surface area contributed by atoms with Crippen LogP contribution in [0.15, 0.2) is 30.5 Å². The lowest BCUT2D eigenvalue weighted by molar-refractivity contribution is -0.126. The second kappa shape index (κ2) is 10.7. The predicted molar refractivity (Wildman–Crippen MR) is 131 cm³/mol. The van der Waals surface area contributed by atoms with Crippen LogP contribution in [0, 0.1) is 11.8 Å². The molecular weight excluding hydrogens is 438 g/mol. The number of amides is 1. The number of aromatic nitrogens is 1. The summed E-state index contributed by atoms with van der Waals surface area (Å²) in [5.41, 5.74) is 0.226. The highest BCUT2D eigenvalue weighted by Gasteiger charge is 2.35. The molecule has 33 heavy (non-hydrogen) atoms. The molecule has 1 aliphatic carbocycles. The minimum atomic E-state index is -1.02. The Labute approximate surface area is 200 Å². The van der Waals surface area contributed by atoms with Crippen LogP contribution < -0.4 is 9.75 Å². The molecule has 2 aromatic rings. The third-order valence-electron chi connectivity index (χ3n) is 6.09. The summed E-state index contributed by atoms with van der Waals surface area (Å²) in [4.78, 5) is 31.2. The standard InChI is InChI=1S/C25H35N3O4S/c1-17-9-11-18(12-10-17)23(29)28(27(5)14-15-32-21-8-6-7-13-26-21)19-16-20(25(2,3)4)33-22(19)24(30)31/h6-8,13,16-18H,9-12,14-15H2,1-5H3,(H,30,31). The van der Waals surface area contributed by atoms with E-state index in [4.69, 9.17) is 4.74 Å². The van der Waals surface area contributed by atoms with Crippen molar-refractivity contribution >= 4 is 28.9 Å². The lowest BCUT2D eigenvalue weighted by Crippen LogP contribution is -2.49. The van der Waals surface area contributed by atoms with E-state index in [0.717, 1.165) is 30.6 Å². The lowest BCUT2D eigenvalue weighted by Gasteiger charge is -2.36. The number of anilines is 1. The highest BCUT2D eigenvalue weighted by molar-refractivity contribution is 7.14. The van der Waals surface area contributed by atoms with Gasteiger partial charge in [-0.25, -0.2) is 19.8 Å². The van der Waals surface area contributed by atoms with E-state index in [9.17, 15) is 14.7 Å². The van der Waals surface area contributed by atoms with Crippen LogP contribution in [0.2, 0.25) is 0 Å². The Hall–Kier alpha value is -2.45. The van der Waals surface area contributed by atoms with Gasteiger partial charge in [0.05, 0.1) is 12.2 Å². The largest absolute Gasteiger partial charge is 0.477 e. The molecular formula is C25H35N3O4S. The van der Waals surface area contributed by atoms with Crippen molar-refractivity contribution < 1.29 is 19.4 Å². The number of thiophene rings is 1. The van der Waals surface area contributed by atoms with E-state index in [2.05, 4.69) is 11.9 Å². The van der Waals surface area contributed by atoms with Crippen molar-refractivity contribution in [2.45, 2.75) is 58.8 Å². The average molecular weight is 474 g/mol. The number of carboxylic acids is 1. The highest BCUT2D eigenvalue weighted by atomic mass is 32.1. The number of hydrazine groups is 1. The molecule has 1 fully saturated rings. The predicted octanol–water partition coefficient (Wildman–Crippen LogP) is 5.22. The Balaban J connectivity index is 1.89. The van der Waals surface area contributed by atoms with E-state index < -0.39 is 5.97 Å². The summed E-state index contributed by atoms with van der Waals surface area (Å²) in [6, 6.07) is 7.32. The maximum absolute atomic E-state index is 13.8. The van der Waals surface area contributed by atoms with Crippen LogP contribution in [0.5, 0.6) is 5.88 Å². The molecule has 0 atom stereocenters. The second-order valence-electron chi connectivity index (χ2n) is 9.88. The number of ether oxygens (including phenoxy) is 1. The average Bonchev–Trinajstić information content (AvgIpc) is 3.21. The number of nitrogens with zero attached hydrogens (tertiary/aromatic N) is 3. The van der Waals surface area contributed by atoms with E-state index in [1.54, 1.807) is 22.3 Å². The third kappa shape index (κ3) is 6.32. The van der Waals surface area contributed by atoms with Crippen molar-refractivity contribution in [3.63, 3.8) is 0 Å². The minimum absolute atomic E-state index is 0.0389. The van der Waals surface area contributed by atoms with Gasteiger partial charge in [0, 0.05) is 30.1 Å². The first-order valence-electron chi connectivity index (χ1n) is 11.5. The van der Waals surface area contributed by atoms with Crippen molar-refractivity contribution in [1.29, 1.82) is 0 Å². The molecule has 0 bridgehead atoms. The monoisotopic (exact) mass is 473 g/mol. The first kappa shape index (κ1) is 25.2. The summed E-state index contributed by atoms with van der Waals surface area (Å²) in [6.07, 6.45) is 5.34. The van der Waals surface area contributed by atoms with Gasteiger partial charge in [0.15, 0.2) is 0 Å². The molecule has 0 aromatic carbocycles. The number of hydrogen-bond acceptors (Lipinski definition) is 6. The number of carbonyl (C=O) groups is 2. The molecule has 0 aliphatic heterocycles. The van der Waals surface area contributed by atoms with Gasteiger partial charge in [0.1, 0.15) is 11.5 Å². The number of hydrogen-bond donors (Lipinski definition) is 1. The van der Waals surface area contributed by atoms with Crippen LogP contribution >= 0.6 is 11.3 Å². The van der Waals surface area contributed by atoms with Crippen LogP contribution in [0.25, 0.3) is 0 Å². The molecule has 1 N–H and O–H groups in total. The normalized spacial score (nSPS) is 18.8. The molecule has 0 unspecified atom stereocenters. The Morgan fingerprint density at radius 2 is 1.91 bits per heavy atom. The first-order valence-corrected chi connectivity index (χ1v) is 12.4. The van der Waals surface area contributed by atoms with Gasteiger partial charge in [-0.05, 0) is 49.1 Å². The van der Waals surface area contributed by atoms with Crippen LogP contribution in [-0.2, 0) is 10.2 Å². The number of likely N-dealkylation sites (N-methyl/N-ethyl adjacent to an activating group) is 1. The zero-order valence-electron chi connectivity index (χ0n) is 20.2. The van der Waals surface area contributed by atoms with Gasteiger partial charge in [-0.1, -0.05) is 33.8 Å². The van der Waals surface area contributed by atoms with Gasteiger partial charge >= 0.3 is 5.97 Å². The molecule has 0 radical (unpaired) electrons. The lowest BCUT2D eigenvalue weighted by atomic mass is 9.82. The maximum Gasteiger partial charge on any atom is 0.348 e. The summed E-state index contributed by atoms with van der Waals surface area (Å²) < 4.78 is 5.73. The van der Waals surface area contributed by atoms with Crippen molar-refractivity contribution in [2.75, 3.05) is 25.2 Å². The Kier molecular flexibility index (Phi) is 8.13. The fourth-order valence-electron chi connectivity index (χ4n) is 4.03. The molecule has 1 aliphatic rings.